The minimum Gasteiger partial charge on any atom is -0.337 e. The first kappa shape index (κ1) is 12.1. The maximum Gasteiger partial charge on any atom is 0.254 e. The van der Waals surface area contributed by atoms with E-state index in [2.05, 4.69) is 0 Å². The summed E-state index contributed by atoms with van der Waals surface area (Å²) in [5.41, 5.74) is 2.75. The van der Waals surface area contributed by atoms with Crippen molar-refractivity contribution in [3.05, 3.63) is 33.8 Å². The van der Waals surface area contributed by atoms with Crippen molar-refractivity contribution in [2.45, 2.75) is 27.3 Å². The Kier molecular flexibility index (Phi) is 3.75. The van der Waals surface area contributed by atoms with E-state index in [0.717, 1.165) is 21.7 Å². The van der Waals surface area contributed by atoms with Gasteiger partial charge in [-0.25, -0.2) is 0 Å². The van der Waals surface area contributed by atoms with Crippen LogP contribution in [0.4, 0.5) is 0 Å². The van der Waals surface area contributed by atoms with E-state index in [1.165, 1.54) is 0 Å². The van der Waals surface area contributed by atoms with Crippen LogP contribution in [0.1, 0.15) is 35.3 Å². The van der Waals surface area contributed by atoms with Gasteiger partial charge in [0.25, 0.3) is 5.91 Å². The lowest BCUT2D eigenvalue weighted by atomic mass is 10.1. The Morgan fingerprint density at radius 1 is 1.33 bits per heavy atom. The second-order valence-electron chi connectivity index (χ2n) is 3.38. The predicted octanol–water partition coefficient (Wildman–Crippen LogP) is 3.26. The van der Waals surface area contributed by atoms with Gasteiger partial charge in [-0.2, -0.15) is 0 Å². The van der Waals surface area contributed by atoms with Crippen LogP contribution >= 0.6 is 11.6 Å². The van der Waals surface area contributed by atoms with Crippen LogP contribution < -0.4 is 0 Å². The van der Waals surface area contributed by atoms with Crippen LogP contribution in [-0.2, 0) is 6.54 Å². The third kappa shape index (κ3) is 2.00. The molecular weight excluding hydrogens is 210 g/mol. The van der Waals surface area contributed by atoms with E-state index in [-0.39, 0.29) is 5.91 Å². The molecule has 1 aromatic rings. The van der Waals surface area contributed by atoms with Crippen LogP contribution in [0.15, 0.2) is 12.1 Å². The number of halogens is 1. The number of carbonyl (C=O) groups excluding carboxylic acids is 1. The Balaban J connectivity index is 0.000000531. The Labute approximate surface area is 95.8 Å². The highest BCUT2D eigenvalue weighted by molar-refractivity contribution is 6.32. The van der Waals surface area contributed by atoms with Gasteiger partial charge in [-0.05, 0) is 18.6 Å². The summed E-state index contributed by atoms with van der Waals surface area (Å²) in [5.74, 6) is 0.0666. The molecule has 82 valence electrons. The lowest BCUT2D eigenvalue weighted by molar-refractivity contribution is 0.0816. The molecule has 0 unspecified atom stereocenters. The molecule has 2 rings (SSSR count). The van der Waals surface area contributed by atoms with Crippen LogP contribution in [-0.4, -0.2) is 17.9 Å². The van der Waals surface area contributed by atoms with Crippen molar-refractivity contribution in [2.75, 3.05) is 7.05 Å². The van der Waals surface area contributed by atoms with Crippen molar-refractivity contribution in [3.8, 4) is 0 Å². The van der Waals surface area contributed by atoms with E-state index in [4.69, 9.17) is 11.6 Å². The van der Waals surface area contributed by atoms with Gasteiger partial charge in [0, 0.05) is 29.7 Å². The van der Waals surface area contributed by atoms with Crippen molar-refractivity contribution in [3.63, 3.8) is 0 Å². The molecule has 15 heavy (non-hydrogen) atoms. The van der Waals surface area contributed by atoms with Crippen molar-refractivity contribution in [2.24, 2.45) is 0 Å². The lowest BCUT2D eigenvalue weighted by Gasteiger charge is -2.05. The molecule has 1 aromatic carbocycles. The van der Waals surface area contributed by atoms with Crippen LogP contribution in [0.2, 0.25) is 5.02 Å². The molecule has 0 aliphatic carbocycles. The van der Waals surface area contributed by atoms with Gasteiger partial charge in [0.15, 0.2) is 0 Å². The molecule has 0 saturated heterocycles. The number of benzene rings is 1. The van der Waals surface area contributed by atoms with Gasteiger partial charge in [-0.15, -0.1) is 0 Å². The molecular formula is C12H16ClNO. The quantitative estimate of drug-likeness (QED) is 0.664. The standard InChI is InChI=1S/C10H10ClNO.C2H6/c1-6-3-4-7-8(9(6)11)5-12(2)10(7)13;1-2/h3-4H,5H2,1-2H3;1-2H3. The molecule has 0 saturated carbocycles. The Morgan fingerprint density at radius 2 is 1.93 bits per heavy atom. The van der Waals surface area contributed by atoms with E-state index in [9.17, 15) is 4.79 Å². The monoisotopic (exact) mass is 225 g/mol. The number of carbonyl (C=O) groups is 1. The highest BCUT2D eigenvalue weighted by Crippen LogP contribution is 2.30. The summed E-state index contributed by atoms with van der Waals surface area (Å²) in [5, 5.41) is 0.732. The summed E-state index contributed by atoms with van der Waals surface area (Å²) < 4.78 is 0. The largest absolute Gasteiger partial charge is 0.337 e. The minimum absolute atomic E-state index is 0.0666. The zero-order chi connectivity index (χ0) is 11.6. The molecule has 1 amide bonds. The number of nitrogens with zero attached hydrogens (tertiary/aromatic N) is 1. The average molecular weight is 226 g/mol. The zero-order valence-corrected chi connectivity index (χ0v) is 10.4. The predicted molar refractivity (Wildman–Crippen MR) is 63.3 cm³/mol. The topological polar surface area (TPSA) is 20.3 Å². The second kappa shape index (κ2) is 4.67. The van der Waals surface area contributed by atoms with E-state index in [1.807, 2.05) is 32.9 Å². The lowest BCUT2D eigenvalue weighted by Crippen LogP contribution is -2.17. The normalized spacial score (nSPS) is 13.4. The fraction of sp³-hybridized carbons (Fsp3) is 0.417. The first-order valence-electron chi connectivity index (χ1n) is 5.14. The summed E-state index contributed by atoms with van der Waals surface area (Å²) in [6.45, 7) is 6.58. The summed E-state index contributed by atoms with van der Waals surface area (Å²) in [6.07, 6.45) is 0. The number of aryl methyl sites for hydroxylation is 1. The van der Waals surface area contributed by atoms with Crippen LogP contribution in [0, 0.1) is 6.92 Å². The fourth-order valence-corrected chi connectivity index (χ4v) is 1.83. The van der Waals surface area contributed by atoms with E-state index in [1.54, 1.807) is 11.9 Å². The second-order valence-corrected chi connectivity index (χ2v) is 3.76. The van der Waals surface area contributed by atoms with Gasteiger partial charge < -0.3 is 4.90 Å². The molecule has 0 spiro atoms. The molecule has 0 atom stereocenters. The SMILES string of the molecule is CC.Cc1ccc2c(c1Cl)CN(C)C2=O. The van der Waals surface area contributed by atoms with E-state index < -0.39 is 0 Å². The molecule has 1 aliphatic rings. The van der Waals surface area contributed by atoms with Crippen LogP contribution in [0.25, 0.3) is 0 Å². The van der Waals surface area contributed by atoms with Gasteiger partial charge in [-0.3, -0.25) is 4.79 Å². The van der Waals surface area contributed by atoms with Gasteiger partial charge in [0.1, 0.15) is 0 Å². The number of hydrogen-bond donors (Lipinski definition) is 0. The average Bonchev–Trinajstić information content (AvgIpc) is 2.54. The fourth-order valence-electron chi connectivity index (χ4n) is 1.61. The molecule has 3 heteroatoms. The maximum absolute atomic E-state index is 11.5. The Bertz CT molecular complexity index is 387. The Morgan fingerprint density at radius 3 is 2.53 bits per heavy atom. The maximum atomic E-state index is 11.5. The van der Waals surface area contributed by atoms with Gasteiger partial charge >= 0.3 is 0 Å². The third-order valence-electron chi connectivity index (χ3n) is 2.41. The summed E-state index contributed by atoms with van der Waals surface area (Å²) >= 11 is 6.09. The summed E-state index contributed by atoms with van der Waals surface area (Å²) in [7, 11) is 1.79. The Hall–Kier alpha value is -1.02. The molecule has 0 fully saturated rings. The molecule has 0 bridgehead atoms. The van der Waals surface area contributed by atoms with Crippen molar-refractivity contribution >= 4 is 17.5 Å². The summed E-state index contributed by atoms with van der Waals surface area (Å²) in [4.78, 5) is 13.2. The number of hydrogen-bond acceptors (Lipinski definition) is 1. The van der Waals surface area contributed by atoms with Crippen LogP contribution in [0.5, 0.6) is 0 Å². The number of fused-ring (bicyclic) bond motifs is 1. The molecule has 2 nitrogen and oxygen atoms in total. The molecule has 0 N–H and O–H groups in total. The van der Waals surface area contributed by atoms with Gasteiger partial charge in [-0.1, -0.05) is 31.5 Å². The van der Waals surface area contributed by atoms with E-state index >= 15 is 0 Å². The highest BCUT2D eigenvalue weighted by atomic mass is 35.5. The molecule has 0 radical (unpaired) electrons. The highest BCUT2D eigenvalue weighted by Gasteiger charge is 2.26. The molecule has 0 aromatic heterocycles. The minimum atomic E-state index is 0.0666. The molecule has 1 heterocycles. The van der Waals surface area contributed by atoms with E-state index in [0.29, 0.717) is 6.54 Å². The van der Waals surface area contributed by atoms with Crippen LogP contribution in [0.3, 0.4) is 0 Å². The molecule has 1 aliphatic heterocycles. The van der Waals surface area contributed by atoms with Gasteiger partial charge in [0.05, 0.1) is 0 Å². The van der Waals surface area contributed by atoms with Crippen molar-refractivity contribution in [1.29, 1.82) is 0 Å². The van der Waals surface area contributed by atoms with Crippen molar-refractivity contribution in [1.82, 2.24) is 4.90 Å². The smallest absolute Gasteiger partial charge is 0.254 e. The van der Waals surface area contributed by atoms with Crippen molar-refractivity contribution < 1.29 is 4.79 Å². The summed E-state index contributed by atoms with van der Waals surface area (Å²) in [6, 6.07) is 3.74. The first-order valence-corrected chi connectivity index (χ1v) is 5.52. The number of rotatable bonds is 0. The van der Waals surface area contributed by atoms with Gasteiger partial charge in [0.2, 0.25) is 0 Å². The number of amides is 1. The zero-order valence-electron chi connectivity index (χ0n) is 9.60. The third-order valence-corrected chi connectivity index (χ3v) is 2.93. The first-order chi connectivity index (χ1) is 7.11.